The lowest BCUT2D eigenvalue weighted by Crippen LogP contribution is -2.33. The molecule has 2 aromatic rings. The Labute approximate surface area is 195 Å². The third kappa shape index (κ3) is 4.33. The zero-order valence-electron chi connectivity index (χ0n) is 19.5. The zero-order valence-corrected chi connectivity index (χ0v) is 19.5. The number of hydrogen-bond acceptors (Lipinski definition) is 5. The lowest BCUT2D eigenvalue weighted by molar-refractivity contribution is -0.133. The van der Waals surface area contributed by atoms with Gasteiger partial charge in [-0.15, -0.1) is 0 Å². The van der Waals surface area contributed by atoms with Crippen LogP contribution in [0.25, 0.3) is 0 Å². The number of likely N-dealkylation sites (tertiary alicyclic amines) is 1. The van der Waals surface area contributed by atoms with E-state index in [-0.39, 0.29) is 17.9 Å². The number of ether oxygens (including phenoxy) is 1. The maximum absolute atomic E-state index is 13.1. The van der Waals surface area contributed by atoms with Crippen molar-refractivity contribution in [3.05, 3.63) is 46.9 Å². The molecule has 0 N–H and O–H groups in total. The molecule has 1 aromatic heterocycles. The number of carbonyl (C=O) groups is 2. The third-order valence-electron chi connectivity index (χ3n) is 7.40. The summed E-state index contributed by atoms with van der Waals surface area (Å²) in [6, 6.07) is 7.65. The fraction of sp³-hybridized carbons (Fsp3) is 0.538. The minimum Gasteiger partial charge on any atom is -0.497 e. The molecule has 2 amide bonds. The molecule has 1 saturated carbocycles. The van der Waals surface area contributed by atoms with Crippen LogP contribution in [0, 0.1) is 12.8 Å². The van der Waals surface area contributed by atoms with Gasteiger partial charge in [0.15, 0.2) is 5.82 Å². The molecule has 2 aliphatic heterocycles. The molecule has 5 rings (SSSR count). The molecule has 3 heterocycles. The zero-order chi connectivity index (χ0) is 22.9. The van der Waals surface area contributed by atoms with Gasteiger partial charge in [0.1, 0.15) is 11.6 Å². The summed E-state index contributed by atoms with van der Waals surface area (Å²) in [6.07, 6.45) is 7.63. The van der Waals surface area contributed by atoms with Gasteiger partial charge in [-0.1, -0.05) is 25.0 Å². The minimum atomic E-state index is -0.0959. The molecule has 1 atom stereocenters. The largest absolute Gasteiger partial charge is 0.497 e. The van der Waals surface area contributed by atoms with Crippen molar-refractivity contribution in [1.29, 1.82) is 0 Å². The first-order valence-corrected chi connectivity index (χ1v) is 12.1. The monoisotopic (exact) mass is 448 g/mol. The number of benzene rings is 1. The van der Waals surface area contributed by atoms with Gasteiger partial charge in [0.05, 0.1) is 26.1 Å². The second-order valence-electron chi connectivity index (χ2n) is 9.57. The standard InChI is InChI=1S/C26H32N4O3/c1-17-21-15-24(32)30(16-19-9-11-20(33-2)12-10-19)26(21)28-25(27-17)22-8-5-13-29(22)23(31)14-18-6-3-4-7-18/h9-12,18,22H,3-8,13-16H2,1-2H3/t22-/m0/s1. The van der Waals surface area contributed by atoms with E-state index in [9.17, 15) is 9.59 Å². The van der Waals surface area contributed by atoms with Crippen LogP contribution in [-0.2, 0) is 22.6 Å². The van der Waals surface area contributed by atoms with Crippen LogP contribution in [0.2, 0.25) is 0 Å². The minimum absolute atomic E-state index is 0.0379. The number of fused-ring (bicyclic) bond motifs is 1. The van der Waals surface area contributed by atoms with Crippen molar-refractivity contribution in [2.75, 3.05) is 18.6 Å². The number of amides is 2. The highest BCUT2D eigenvalue weighted by Gasteiger charge is 2.37. The Morgan fingerprint density at radius 1 is 1.09 bits per heavy atom. The molecule has 7 heteroatoms. The Bertz CT molecular complexity index is 1050. The third-order valence-corrected chi connectivity index (χ3v) is 7.40. The highest BCUT2D eigenvalue weighted by atomic mass is 16.5. The molecule has 0 unspecified atom stereocenters. The van der Waals surface area contributed by atoms with Crippen LogP contribution >= 0.6 is 0 Å². The lowest BCUT2D eigenvalue weighted by Gasteiger charge is -2.26. The van der Waals surface area contributed by atoms with Crippen LogP contribution in [0.4, 0.5) is 5.82 Å². The van der Waals surface area contributed by atoms with Crippen molar-refractivity contribution < 1.29 is 14.3 Å². The average molecular weight is 449 g/mol. The summed E-state index contributed by atoms with van der Waals surface area (Å²) in [5.74, 6) is 2.97. The highest BCUT2D eigenvalue weighted by molar-refractivity contribution is 6.00. The van der Waals surface area contributed by atoms with E-state index in [4.69, 9.17) is 14.7 Å². The van der Waals surface area contributed by atoms with Gasteiger partial charge < -0.3 is 9.64 Å². The van der Waals surface area contributed by atoms with Crippen molar-refractivity contribution in [2.45, 2.75) is 70.9 Å². The van der Waals surface area contributed by atoms with E-state index in [2.05, 4.69) is 0 Å². The van der Waals surface area contributed by atoms with Crippen LogP contribution in [0.5, 0.6) is 5.75 Å². The van der Waals surface area contributed by atoms with E-state index < -0.39 is 0 Å². The predicted octanol–water partition coefficient (Wildman–Crippen LogP) is 4.13. The van der Waals surface area contributed by atoms with E-state index in [0.717, 1.165) is 42.0 Å². The van der Waals surface area contributed by atoms with E-state index in [1.807, 2.05) is 36.1 Å². The number of rotatable bonds is 6. The summed E-state index contributed by atoms with van der Waals surface area (Å²) in [6.45, 7) is 3.18. The second-order valence-corrected chi connectivity index (χ2v) is 9.57. The molecule has 3 aliphatic rings. The van der Waals surface area contributed by atoms with Crippen molar-refractivity contribution in [3.63, 3.8) is 0 Å². The number of anilines is 1. The van der Waals surface area contributed by atoms with Gasteiger partial charge in [-0.25, -0.2) is 9.97 Å². The number of hydrogen-bond donors (Lipinski definition) is 0. The summed E-state index contributed by atoms with van der Waals surface area (Å²) in [5, 5.41) is 0. The topological polar surface area (TPSA) is 75.6 Å². The van der Waals surface area contributed by atoms with Gasteiger partial charge in [-0.3, -0.25) is 14.5 Å². The van der Waals surface area contributed by atoms with Gasteiger partial charge in [0, 0.05) is 24.2 Å². The highest BCUT2D eigenvalue weighted by Crippen LogP contribution is 2.37. The number of nitrogens with zero attached hydrogens (tertiary/aromatic N) is 4. The molecule has 0 bridgehead atoms. The van der Waals surface area contributed by atoms with Gasteiger partial charge >= 0.3 is 0 Å². The number of carbonyl (C=O) groups excluding carboxylic acids is 2. The van der Waals surface area contributed by atoms with Crippen LogP contribution in [0.3, 0.4) is 0 Å². The Balaban J connectivity index is 1.39. The van der Waals surface area contributed by atoms with E-state index in [0.29, 0.717) is 36.9 Å². The van der Waals surface area contributed by atoms with Crippen LogP contribution in [0.1, 0.15) is 73.6 Å². The fourth-order valence-electron chi connectivity index (χ4n) is 5.54. The van der Waals surface area contributed by atoms with Crippen molar-refractivity contribution in [2.24, 2.45) is 5.92 Å². The van der Waals surface area contributed by atoms with Crippen LogP contribution < -0.4 is 9.64 Å². The molecule has 0 spiro atoms. The Hall–Kier alpha value is -2.96. The first-order valence-electron chi connectivity index (χ1n) is 12.1. The molecule has 1 aliphatic carbocycles. The first-order chi connectivity index (χ1) is 16.0. The molecule has 7 nitrogen and oxygen atoms in total. The van der Waals surface area contributed by atoms with Gasteiger partial charge in [-0.05, 0) is 56.2 Å². The number of methoxy groups -OCH3 is 1. The molecule has 2 fully saturated rings. The van der Waals surface area contributed by atoms with Gasteiger partial charge in [-0.2, -0.15) is 0 Å². The van der Waals surface area contributed by atoms with Crippen LogP contribution in [-0.4, -0.2) is 40.3 Å². The van der Waals surface area contributed by atoms with E-state index in [1.165, 1.54) is 25.7 Å². The SMILES string of the molecule is COc1ccc(CN2C(=O)Cc3c(C)nc([C@@H]4CCCN4C(=O)CC4CCCC4)nc32)cc1. The molecular formula is C26H32N4O3. The van der Waals surface area contributed by atoms with Crippen molar-refractivity contribution in [1.82, 2.24) is 14.9 Å². The molecule has 174 valence electrons. The van der Waals surface area contributed by atoms with E-state index in [1.54, 1.807) is 12.0 Å². The molecule has 0 radical (unpaired) electrons. The summed E-state index contributed by atoms with van der Waals surface area (Å²) in [7, 11) is 1.64. The fourth-order valence-corrected chi connectivity index (χ4v) is 5.54. The molecular weight excluding hydrogens is 416 g/mol. The maximum Gasteiger partial charge on any atom is 0.233 e. The van der Waals surface area contributed by atoms with Gasteiger partial charge in [0.2, 0.25) is 11.8 Å². The summed E-state index contributed by atoms with van der Waals surface area (Å²) >= 11 is 0. The first kappa shape index (κ1) is 21.9. The predicted molar refractivity (Wildman–Crippen MR) is 125 cm³/mol. The summed E-state index contributed by atoms with van der Waals surface area (Å²) in [5.41, 5.74) is 2.76. The Morgan fingerprint density at radius 3 is 2.58 bits per heavy atom. The second kappa shape index (κ2) is 9.12. The Kier molecular flexibility index (Phi) is 6.04. The summed E-state index contributed by atoms with van der Waals surface area (Å²) in [4.78, 5) is 39.4. The smallest absolute Gasteiger partial charge is 0.233 e. The normalized spacial score (nSPS) is 20.5. The average Bonchev–Trinajstić information content (AvgIpc) is 3.56. The quantitative estimate of drug-likeness (QED) is 0.664. The number of aryl methyl sites for hydroxylation is 1. The number of aromatic nitrogens is 2. The Morgan fingerprint density at radius 2 is 1.85 bits per heavy atom. The van der Waals surface area contributed by atoms with Crippen molar-refractivity contribution in [3.8, 4) is 5.75 Å². The van der Waals surface area contributed by atoms with Crippen molar-refractivity contribution >= 4 is 17.6 Å². The van der Waals surface area contributed by atoms with Crippen LogP contribution in [0.15, 0.2) is 24.3 Å². The maximum atomic E-state index is 13.1. The lowest BCUT2D eigenvalue weighted by atomic mass is 10.0. The molecule has 1 aromatic carbocycles. The molecule has 1 saturated heterocycles. The van der Waals surface area contributed by atoms with Gasteiger partial charge in [0.25, 0.3) is 0 Å². The van der Waals surface area contributed by atoms with E-state index >= 15 is 0 Å². The molecule has 33 heavy (non-hydrogen) atoms. The summed E-state index contributed by atoms with van der Waals surface area (Å²) < 4.78 is 5.24.